The van der Waals surface area contributed by atoms with Gasteiger partial charge in [-0.05, 0) is 38.5 Å². The van der Waals surface area contributed by atoms with E-state index in [2.05, 4.69) is 0 Å². The fourth-order valence-corrected chi connectivity index (χ4v) is 5.50. The van der Waals surface area contributed by atoms with Crippen LogP contribution in [0.25, 0.3) is 0 Å². The molecule has 0 bridgehead atoms. The van der Waals surface area contributed by atoms with Crippen LogP contribution in [0.5, 0.6) is 0 Å². The molecule has 3 fully saturated rings. The van der Waals surface area contributed by atoms with E-state index in [1.807, 2.05) is 0 Å². The largest absolute Gasteiger partial charge is 0.394 e. The minimum Gasteiger partial charge on any atom is -0.394 e. The molecule has 1 aliphatic heterocycles. The molecular formula is C16H26O6S2. The molecule has 3 aliphatic rings. The number of rotatable bonds is 5. The Bertz CT molecular complexity index is 448. The van der Waals surface area contributed by atoms with Gasteiger partial charge >= 0.3 is 0 Å². The smallest absolute Gasteiger partial charge is 0.132 e. The number of hydrogen-bond donors (Lipinski definition) is 4. The summed E-state index contributed by atoms with van der Waals surface area (Å²) in [6.45, 7) is -0.391. The van der Waals surface area contributed by atoms with Crippen LogP contribution in [0.15, 0.2) is 0 Å². The highest BCUT2D eigenvalue weighted by Crippen LogP contribution is 2.39. The molecule has 138 valence electrons. The monoisotopic (exact) mass is 378 g/mol. The van der Waals surface area contributed by atoms with E-state index < -0.39 is 36.5 Å². The molecule has 8 atom stereocenters. The third-order valence-corrected chi connectivity index (χ3v) is 7.06. The summed E-state index contributed by atoms with van der Waals surface area (Å²) >= 11 is 6.80. The van der Waals surface area contributed by atoms with Crippen LogP contribution < -0.4 is 0 Å². The predicted octanol–water partition coefficient (Wildman–Crippen LogP) is 0.380. The summed E-state index contributed by atoms with van der Waals surface area (Å²) in [6, 6.07) is 0. The average molecular weight is 379 g/mol. The van der Waals surface area contributed by atoms with Gasteiger partial charge < -0.3 is 29.9 Å². The van der Waals surface area contributed by atoms with E-state index in [1.165, 1.54) is 11.8 Å². The van der Waals surface area contributed by atoms with Gasteiger partial charge in [-0.3, -0.25) is 0 Å². The molecule has 0 amide bonds. The lowest BCUT2D eigenvalue weighted by atomic mass is 10.0. The third-order valence-electron chi connectivity index (χ3n) is 5.12. The van der Waals surface area contributed by atoms with E-state index >= 15 is 0 Å². The zero-order valence-electron chi connectivity index (χ0n) is 13.5. The Morgan fingerprint density at radius 2 is 1.92 bits per heavy atom. The second-order valence-corrected chi connectivity index (χ2v) is 8.80. The first kappa shape index (κ1) is 19.0. The number of thioether (sulfide) groups is 1. The van der Waals surface area contributed by atoms with E-state index in [0.29, 0.717) is 0 Å². The van der Waals surface area contributed by atoms with E-state index in [1.54, 1.807) is 0 Å². The summed E-state index contributed by atoms with van der Waals surface area (Å²) in [5.41, 5.74) is -0.656. The lowest BCUT2D eigenvalue weighted by Crippen LogP contribution is -2.57. The van der Waals surface area contributed by atoms with Crippen molar-refractivity contribution in [1.29, 1.82) is 0 Å². The van der Waals surface area contributed by atoms with Crippen molar-refractivity contribution in [2.45, 2.75) is 85.8 Å². The lowest BCUT2D eigenvalue weighted by molar-refractivity contribution is -0.205. The van der Waals surface area contributed by atoms with Crippen molar-refractivity contribution in [3.8, 4) is 0 Å². The maximum Gasteiger partial charge on any atom is 0.132 e. The Hall–Kier alpha value is 0.200. The lowest BCUT2D eigenvalue weighted by Gasteiger charge is -2.40. The Balaban J connectivity index is 1.50. The zero-order valence-corrected chi connectivity index (χ0v) is 15.1. The molecule has 8 heteroatoms. The molecule has 6 nitrogen and oxygen atoms in total. The Morgan fingerprint density at radius 1 is 1.12 bits per heavy atom. The third kappa shape index (κ3) is 4.12. The molecule has 0 aromatic carbocycles. The second kappa shape index (κ2) is 8.26. The SMILES string of the molecule is OC[C@H]1O[C@@H](SC2CCC(OC3CCCC3=S)C2)[C@H](O)[C@@H](O)[C@H]1O. The normalized spacial score (nSPS) is 46.6. The van der Waals surface area contributed by atoms with Gasteiger partial charge in [-0.25, -0.2) is 0 Å². The number of aliphatic hydroxyl groups excluding tert-OH is 4. The molecule has 2 aliphatic carbocycles. The molecule has 2 saturated carbocycles. The van der Waals surface area contributed by atoms with Gasteiger partial charge in [-0.1, -0.05) is 12.2 Å². The molecule has 0 radical (unpaired) electrons. The first-order chi connectivity index (χ1) is 11.5. The highest BCUT2D eigenvalue weighted by atomic mass is 32.2. The number of aliphatic hydroxyl groups is 4. The summed E-state index contributed by atoms with van der Waals surface area (Å²) in [5, 5.41) is 39.3. The van der Waals surface area contributed by atoms with Crippen LogP contribution in [0.3, 0.4) is 0 Å². The van der Waals surface area contributed by atoms with Crippen molar-refractivity contribution in [1.82, 2.24) is 0 Å². The van der Waals surface area contributed by atoms with Gasteiger partial charge in [0, 0.05) is 10.1 Å². The molecule has 1 heterocycles. The van der Waals surface area contributed by atoms with Crippen LogP contribution in [0.4, 0.5) is 0 Å². The quantitative estimate of drug-likeness (QED) is 0.510. The highest BCUT2D eigenvalue weighted by molar-refractivity contribution is 8.00. The molecule has 0 aromatic heterocycles. The van der Waals surface area contributed by atoms with Crippen LogP contribution in [0, 0.1) is 0 Å². The van der Waals surface area contributed by atoms with Crippen LogP contribution in [0.2, 0.25) is 0 Å². The highest BCUT2D eigenvalue weighted by Gasteiger charge is 2.45. The van der Waals surface area contributed by atoms with Crippen molar-refractivity contribution >= 4 is 28.8 Å². The Kier molecular flexibility index (Phi) is 6.53. The van der Waals surface area contributed by atoms with Gasteiger partial charge in [-0.2, -0.15) is 0 Å². The summed E-state index contributed by atoms with van der Waals surface area (Å²) in [5.74, 6) is 0. The summed E-state index contributed by atoms with van der Waals surface area (Å²) in [7, 11) is 0. The van der Waals surface area contributed by atoms with Gasteiger partial charge in [0.15, 0.2) is 0 Å². The average Bonchev–Trinajstić information content (AvgIpc) is 3.18. The number of thiocarbonyl (C=S) groups is 1. The maximum absolute atomic E-state index is 10.1. The fourth-order valence-electron chi connectivity index (χ4n) is 3.68. The molecule has 0 aromatic rings. The molecule has 1 saturated heterocycles. The molecule has 24 heavy (non-hydrogen) atoms. The van der Waals surface area contributed by atoms with E-state index in [9.17, 15) is 20.4 Å². The number of ether oxygens (including phenoxy) is 2. The standard InChI is InChI=1S/C16H26O6S2/c17-7-11-13(18)14(19)15(20)16(22-11)24-9-5-4-8(6-9)21-10-2-1-3-12(10)23/h8-11,13-20H,1-7H2/t8?,9?,10?,11-,13+,14+,15-,16+/m1/s1. The van der Waals surface area contributed by atoms with E-state index in [0.717, 1.165) is 43.4 Å². The fraction of sp³-hybridized carbons (Fsp3) is 0.938. The topological polar surface area (TPSA) is 99.4 Å². The van der Waals surface area contributed by atoms with Crippen LogP contribution >= 0.6 is 24.0 Å². The van der Waals surface area contributed by atoms with Crippen LogP contribution in [-0.4, -0.2) is 79.2 Å². The zero-order chi connectivity index (χ0) is 17.3. The van der Waals surface area contributed by atoms with Crippen LogP contribution in [0.1, 0.15) is 38.5 Å². The van der Waals surface area contributed by atoms with Crippen molar-refractivity contribution in [2.75, 3.05) is 6.61 Å². The second-order valence-electron chi connectivity index (χ2n) is 6.87. The van der Waals surface area contributed by atoms with Crippen LogP contribution in [-0.2, 0) is 9.47 Å². The summed E-state index contributed by atoms with van der Waals surface area (Å²) < 4.78 is 11.7. The van der Waals surface area contributed by atoms with Gasteiger partial charge in [0.25, 0.3) is 0 Å². The van der Waals surface area contributed by atoms with Crippen molar-refractivity contribution in [3.63, 3.8) is 0 Å². The van der Waals surface area contributed by atoms with Crippen molar-refractivity contribution in [3.05, 3.63) is 0 Å². The van der Waals surface area contributed by atoms with Crippen molar-refractivity contribution < 1.29 is 29.9 Å². The first-order valence-electron chi connectivity index (χ1n) is 8.63. The van der Waals surface area contributed by atoms with Gasteiger partial charge in [-0.15, -0.1) is 11.8 Å². The Labute approximate surface area is 151 Å². The minimum absolute atomic E-state index is 0.112. The summed E-state index contributed by atoms with van der Waals surface area (Å²) in [4.78, 5) is 1.03. The predicted molar refractivity (Wildman–Crippen MR) is 94.1 cm³/mol. The summed E-state index contributed by atoms with van der Waals surface area (Å²) in [6.07, 6.45) is 1.53. The molecule has 3 unspecified atom stereocenters. The minimum atomic E-state index is -1.31. The molecule has 3 rings (SSSR count). The van der Waals surface area contributed by atoms with Gasteiger partial charge in [0.1, 0.15) is 29.9 Å². The first-order valence-corrected chi connectivity index (χ1v) is 9.99. The van der Waals surface area contributed by atoms with Gasteiger partial charge in [0.05, 0.1) is 18.8 Å². The molecule has 0 spiro atoms. The van der Waals surface area contributed by atoms with E-state index in [4.69, 9.17) is 21.7 Å². The molecular weight excluding hydrogens is 352 g/mol. The maximum atomic E-state index is 10.1. The molecule has 4 N–H and O–H groups in total. The number of hydrogen-bond acceptors (Lipinski definition) is 8. The van der Waals surface area contributed by atoms with Crippen molar-refractivity contribution in [2.24, 2.45) is 0 Å². The van der Waals surface area contributed by atoms with E-state index in [-0.39, 0.29) is 17.5 Å². The Morgan fingerprint density at radius 3 is 2.58 bits per heavy atom. The van der Waals surface area contributed by atoms with Gasteiger partial charge in [0.2, 0.25) is 0 Å².